The molecule has 1 aromatic heterocycles. The van der Waals surface area contributed by atoms with Gasteiger partial charge < -0.3 is 14.6 Å². The second-order valence-corrected chi connectivity index (χ2v) is 6.33. The van der Waals surface area contributed by atoms with Crippen molar-refractivity contribution in [3.05, 3.63) is 84.0 Å². The normalized spacial score (nSPS) is 12.1. The number of imidazole rings is 1. The van der Waals surface area contributed by atoms with Crippen LogP contribution >= 0.6 is 0 Å². The summed E-state index contributed by atoms with van der Waals surface area (Å²) in [5.41, 5.74) is 3.79. The first-order valence-corrected chi connectivity index (χ1v) is 8.79. The topological polar surface area (TPSA) is 56.1 Å². The van der Waals surface area contributed by atoms with E-state index >= 15 is 0 Å². The third-order valence-electron chi connectivity index (χ3n) is 4.28. The number of rotatable bonds is 6. The Kier molecular flexibility index (Phi) is 5.71. The van der Waals surface area contributed by atoms with Crippen LogP contribution in [0, 0.1) is 6.92 Å². The smallest absolute Gasteiger partial charge is 0.244 e. The number of ether oxygens (including phenoxy) is 1. The van der Waals surface area contributed by atoms with Crippen LogP contribution in [-0.4, -0.2) is 22.6 Å². The summed E-state index contributed by atoms with van der Waals surface area (Å²) in [5.74, 6) is 0.576. The Morgan fingerprint density at radius 3 is 2.67 bits per heavy atom. The molecule has 0 aliphatic carbocycles. The van der Waals surface area contributed by atoms with E-state index in [-0.39, 0.29) is 11.9 Å². The summed E-state index contributed by atoms with van der Waals surface area (Å²) < 4.78 is 7.41. The molecule has 0 unspecified atom stereocenters. The Balaban J connectivity index is 1.70. The monoisotopic (exact) mass is 361 g/mol. The van der Waals surface area contributed by atoms with Crippen LogP contribution in [0.5, 0.6) is 5.75 Å². The molecule has 0 radical (unpaired) electrons. The van der Waals surface area contributed by atoms with Crippen molar-refractivity contribution in [1.29, 1.82) is 0 Å². The number of carbonyl (C=O) groups is 1. The van der Waals surface area contributed by atoms with E-state index in [1.54, 1.807) is 19.5 Å². The van der Waals surface area contributed by atoms with Gasteiger partial charge in [-0.05, 0) is 43.2 Å². The third-order valence-corrected chi connectivity index (χ3v) is 4.28. The lowest BCUT2D eigenvalue weighted by molar-refractivity contribution is -0.117. The van der Waals surface area contributed by atoms with Gasteiger partial charge in [-0.3, -0.25) is 4.79 Å². The molecule has 0 saturated carbocycles. The predicted octanol–water partition coefficient (Wildman–Crippen LogP) is 4.08. The molecule has 3 aromatic rings. The Morgan fingerprint density at radius 1 is 1.22 bits per heavy atom. The molecule has 1 N–H and O–H groups in total. The van der Waals surface area contributed by atoms with Crippen molar-refractivity contribution in [2.45, 2.75) is 19.9 Å². The fourth-order valence-electron chi connectivity index (χ4n) is 2.82. The minimum absolute atomic E-state index is 0.0512. The Bertz CT molecular complexity index is 945. The number of carbonyl (C=O) groups excluding carboxylic acids is 1. The molecule has 3 rings (SSSR count). The molecule has 5 heteroatoms. The van der Waals surface area contributed by atoms with Crippen molar-refractivity contribution < 1.29 is 9.53 Å². The lowest BCUT2D eigenvalue weighted by atomic mass is 10.1. The van der Waals surface area contributed by atoms with Crippen molar-refractivity contribution in [2.75, 3.05) is 7.11 Å². The average Bonchev–Trinajstić information content (AvgIpc) is 3.13. The van der Waals surface area contributed by atoms with Gasteiger partial charge in [-0.1, -0.05) is 36.4 Å². The van der Waals surface area contributed by atoms with Crippen molar-refractivity contribution >= 4 is 12.0 Å². The molecule has 0 aliphatic rings. The maximum Gasteiger partial charge on any atom is 0.244 e. The zero-order valence-electron chi connectivity index (χ0n) is 15.7. The van der Waals surface area contributed by atoms with E-state index < -0.39 is 0 Å². The zero-order valence-corrected chi connectivity index (χ0v) is 15.7. The molecule has 1 atom stereocenters. The minimum atomic E-state index is -0.139. The maximum absolute atomic E-state index is 12.2. The van der Waals surface area contributed by atoms with Gasteiger partial charge in [0, 0.05) is 12.3 Å². The molecule has 138 valence electrons. The summed E-state index contributed by atoms with van der Waals surface area (Å²) in [6.07, 6.45) is 7.00. The molecule has 0 bridgehead atoms. The van der Waals surface area contributed by atoms with Gasteiger partial charge in [0.25, 0.3) is 0 Å². The highest BCUT2D eigenvalue weighted by atomic mass is 16.5. The SMILES string of the molecule is COc1cc(/C=C/C(=O)N[C@@H](C)c2ccccc2)ccc1-n1cnc(C)c1. The molecule has 1 heterocycles. The molecule has 0 spiro atoms. The summed E-state index contributed by atoms with van der Waals surface area (Å²) in [6, 6.07) is 15.6. The second-order valence-electron chi connectivity index (χ2n) is 6.33. The summed E-state index contributed by atoms with van der Waals surface area (Å²) in [4.78, 5) is 16.4. The van der Waals surface area contributed by atoms with Gasteiger partial charge in [-0.25, -0.2) is 4.98 Å². The van der Waals surface area contributed by atoms with Crippen molar-refractivity contribution in [2.24, 2.45) is 0 Å². The minimum Gasteiger partial charge on any atom is -0.495 e. The van der Waals surface area contributed by atoms with Gasteiger partial charge in [0.15, 0.2) is 0 Å². The molecule has 0 saturated heterocycles. The summed E-state index contributed by atoms with van der Waals surface area (Å²) in [6.45, 7) is 3.90. The number of benzene rings is 2. The van der Waals surface area contributed by atoms with E-state index in [1.807, 2.05) is 73.1 Å². The summed E-state index contributed by atoms with van der Waals surface area (Å²) >= 11 is 0. The van der Waals surface area contributed by atoms with E-state index in [9.17, 15) is 4.79 Å². The summed E-state index contributed by atoms with van der Waals surface area (Å²) in [5, 5.41) is 2.97. The molecule has 27 heavy (non-hydrogen) atoms. The quantitative estimate of drug-likeness (QED) is 0.673. The third kappa shape index (κ3) is 4.64. The van der Waals surface area contributed by atoms with Crippen LogP contribution in [0.15, 0.2) is 67.1 Å². The first-order chi connectivity index (χ1) is 13.1. The number of aryl methyl sites for hydroxylation is 1. The average molecular weight is 361 g/mol. The first kappa shape index (κ1) is 18.5. The van der Waals surface area contributed by atoms with Gasteiger partial charge in [-0.15, -0.1) is 0 Å². The van der Waals surface area contributed by atoms with Crippen molar-refractivity contribution in [1.82, 2.24) is 14.9 Å². The van der Waals surface area contributed by atoms with Crippen molar-refractivity contribution in [3.63, 3.8) is 0 Å². The fraction of sp³-hybridized carbons (Fsp3) is 0.182. The molecule has 5 nitrogen and oxygen atoms in total. The highest BCUT2D eigenvalue weighted by Gasteiger charge is 2.08. The van der Waals surface area contributed by atoms with Gasteiger partial charge >= 0.3 is 0 Å². The predicted molar refractivity (Wildman–Crippen MR) is 107 cm³/mol. The molecular weight excluding hydrogens is 338 g/mol. The largest absolute Gasteiger partial charge is 0.495 e. The van der Waals surface area contributed by atoms with Gasteiger partial charge in [0.05, 0.1) is 30.9 Å². The van der Waals surface area contributed by atoms with Crippen LogP contribution in [0.25, 0.3) is 11.8 Å². The molecule has 1 amide bonds. The summed E-state index contributed by atoms with van der Waals surface area (Å²) in [7, 11) is 1.63. The number of nitrogens with one attached hydrogen (secondary N) is 1. The van der Waals surface area contributed by atoms with E-state index in [0.29, 0.717) is 5.75 Å². The van der Waals surface area contributed by atoms with Crippen LogP contribution < -0.4 is 10.1 Å². The lowest BCUT2D eigenvalue weighted by Crippen LogP contribution is -2.24. The van der Waals surface area contributed by atoms with Gasteiger partial charge in [0.1, 0.15) is 5.75 Å². The van der Waals surface area contributed by atoms with Crippen LogP contribution in [0.2, 0.25) is 0 Å². The zero-order chi connectivity index (χ0) is 19.2. The molecule has 0 aliphatic heterocycles. The van der Waals surface area contributed by atoms with E-state index in [1.165, 1.54) is 6.08 Å². The molecule has 2 aromatic carbocycles. The van der Waals surface area contributed by atoms with Crippen LogP contribution in [-0.2, 0) is 4.79 Å². The molecular formula is C22H23N3O2. The van der Waals surface area contributed by atoms with Crippen molar-refractivity contribution in [3.8, 4) is 11.4 Å². The van der Waals surface area contributed by atoms with E-state index in [2.05, 4.69) is 10.3 Å². The lowest BCUT2D eigenvalue weighted by Gasteiger charge is -2.12. The van der Waals surface area contributed by atoms with Gasteiger partial charge in [0.2, 0.25) is 5.91 Å². The number of aromatic nitrogens is 2. The number of amides is 1. The standard InChI is InChI=1S/C22H23N3O2/c1-16-14-25(15-23-16)20-11-9-18(13-21(20)27-3)10-12-22(26)24-17(2)19-7-5-4-6-8-19/h4-15,17H,1-3H3,(H,24,26)/b12-10+/t17-/m0/s1. The number of nitrogens with zero attached hydrogens (tertiary/aromatic N) is 2. The highest BCUT2D eigenvalue weighted by Crippen LogP contribution is 2.25. The Labute approximate surface area is 159 Å². The number of hydrogen-bond acceptors (Lipinski definition) is 3. The number of hydrogen-bond donors (Lipinski definition) is 1. The Morgan fingerprint density at radius 2 is 2.00 bits per heavy atom. The van der Waals surface area contributed by atoms with Crippen LogP contribution in [0.3, 0.4) is 0 Å². The highest BCUT2D eigenvalue weighted by molar-refractivity contribution is 5.92. The first-order valence-electron chi connectivity index (χ1n) is 8.79. The van der Waals surface area contributed by atoms with Gasteiger partial charge in [-0.2, -0.15) is 0 Å². The fourth-order valence-corrected chi connectivity index (χ4v) is 2.82. The van der Waals surface area contributed by atoms with Crippen LogP contribution in [0.1, 0.15) is 29.8 Å². The second kappa shape index (κ2) is 8.36. The number of methoxy groups -OCH3 is 1. The molecule has 0 fully saturated rings. The Hall–Kier alpha value is -3.34. The van der Waals surface area contributed by atoms with E-state index in [4.69, 9.17) is 4.74 Å². The van der Waals surface area contributed by atoms with E-state index in [0.717, 1.165) is 22.5 Å². The van der Waals surface area contributed by atoms with Crippen LogP contribution in [0.4, 0.5) is 0 Å². The maximum atomic E-state index is 12.2.